The van der Waals surface area contributed by atoms with Crippen molar-refractivity contribution in [2.24, 2.45) is 0 Å². The maximum absolute atomic E-state index is 13.7. The van der Waals surface area contributed by atoms with Crippen molar-refractivity contribution in [3.63, 3.8) is 0 Å². The molecule has 36 heavy (non-hydrogen) atoms. The Kier molecular flexibility index (Phi) is 9.37. The molecular formula is C27H37N3O5S. The smallest absolute Gasteiger partial charge is 0.244 e. The predicted octanol–water partition coefficient (Wildman–Crippen LogP) is 3.64. The van der Waals surface area contributed by atoms with Crippen LogP contribution in [0.3, 0.4) is 0 Å². The summed E-state index contributed by atoms with van der Waals surface area (Å²) in [6.45, 7) is 5.56. The third kappa shape index (κ3) is 7.22. The number of carbonyl (C=O) groups excluding carboxylic acids is 2. The fourth-order valence-corrected chi connectivity index (χ4v) is 5.25. The quantitative estimate of drug-likeness (QED) is 0.493. The van der Waals surface area contributed by atoms with Gasteiger partial charge in [-0.2, -0.15) is 0 Å². The van der Waals surface area contributed by atoms with Gasteiger partial charge in [-0.15, -0.1) is 0 Å². The number of amides is 2. The van der Waals surface area contributed by atoms with Gasteiger partial charge in [-0.1, -0.05) is 54.8 Å². The van der Waals surface area contributed by atoms with Crippen molar-refractivity contribution in [2.75, 3.05) is 23.7 Å². The molecule has 0 bridgehead atoms. The molecule has 1 aliphatic rings. The molecule has 0 aliphatic heterocycles. The summed E-state index contributed by atoms with van der Waals surface area (Å²) >= 11 is 0. The lowest BCUT2D eigenvalue weighted by Crippen LogP contribution is -2.52. The van der Waals surface area contributed by atoms with Crippen LogP contribution < -0.4 is 14.4 Å². The Labute approximate surface area is 214 Å². The van der Waals surface area contributed by atoms with Gasteiger partial charge in [0.1, 0.15) is 18.3 Å². The van der Waals surface area contributed by atoms with Crippen LogP contribution in [0.25, 0.3) is 0 Å². The number of aryl methyl sites for hydroxylation is 1. The first-order chi connectivity index (χ1) is 17.1. The van der Waals surface area contributed by atoms with E-state index in [0.717, 1.165) is 47.4 Å². The van der Waals surface area contributed by atoms with Gasteiger partial charge >= 0.3 is 0 Å². The minimum absolute atomic E-state index is 0.113. The van der Waals surface area contributed by atoms with E-state index in [0.29, 0.717) is 12.4 Å². The minimum atomic E-state index is -3.83. The zero-order chi connectivity index (χ0) is 26.3. The van der Waals surface area contributed by atoms with Crippen molar-refractivity contribution in [1.29, 1.82) is 0 Å². The summed E-state index contributed by atoms with van der Waals surface area (Å²) in [7, 11) is -3.83. The second kappa shape index (κ2) is 12.3. The lowest BCUT2D eigenvalue weighted by Gasteiger charge is -2.32. The average Bonchev–Trinajstić information content (AvgIpc) is 3.34. The largest absolute Gasteiger partial charge is 0.492 e. The van der Waals surface area contributed by atoms with Gasteiger partial charge in [0.2, 0.25) is 21.8 Å². The summed E-state index contributed by atoms with van der Waals surface area (Å²) in [5.41, 5.74) is 2.23. The second-order valence-corrected chi connectivity index (χ2v) is 11.3. The molecule has 2 aromatic carbocycles. The molecule has 2 aromatic rings. The topological polar surface area (TPSA) is 96.0 Å². The van der Waals surface area contributed by atoms with E-state index < -0.39 is 28.5 Å². The van der Waals surface area contributed by atoms with Gasteiger partial charge < -0.3 is 15.0 Å². The Morgan fingerprint density at radius 3 is 2.33 bits per heavy atom. The maximum Gasteiger partial charge on any atom is 0.244 e. The van der Waals surface area contributed by atoms with Gasteiger partial charge in [0.15, 0.2) is 0 Å². The number of anilines is 1. The Bertz CT molecular complexity index is 1140. The third-order valence-electron chi connectivity index (χ3n) is 6.46. The summed E-state index contributed by atoms with van der Waals surface area (Å²) < 4.78 is 32.3. The molecule has 2 amide bonds. The van der Waals surface area contributed by atoms with Crippen molar-refractivity contribution < 1.29 is 22.7 Å². The molecule has 1 unspecified atom stereocenters. The maximum atomic E-state index is 13.7. The fourth-order valence-electron chi connectivity index (χ4n) is 4.40. The van der Waals surface area contributed by atoms with Crippen LogP contribution in [0, 0.1) is 6.92 Å². The summed E-state index contributed by atoms with van der Waals surface area (Å²) in [6.07, 6.45) is 5.08. The standard InChI is InChI=1S/C27H37N3O5S/c1-5-35-25-13-9-8-12-24(25)30(36(4,33)34)19-26(31)29(18-22-16-14-20(2)15-17-22)21(3)27(32)28-23-10-6-7-11-23/h8-9,12-17,21,23H,5-7,10-11,18-19H2,1-4H3,(H,28,32). The second-order valence-electron chi connectivity index (χ2n) is 9.34. The number of carbonyl (C=O) groups is 2. The van der Waals surface area contributed by atoms with E-state index in [-0.39, 0.29) is 24.2 Å². The van der Waals surface area contributed by atoms with Gasteiger partial charge in [0.05, 0.1) is 18.6 Å². The van der Waals surface area contributed by atoms with Gasteiger partial charge in [-0.3, -0.25) is 13.9 Å². The number of hydrogen-bond donors (Lipinski definition) is 1. The van der Waals surface area contributed by atoms with E-state index in [1.165, 1.54) is 4.90 Å². The summed E-state index contributed by atoms with van der Waals surface area (Å²) in [4.78, 5) is 28.3. The first kappa shape index (κ1) is 27.5. The number of benzene rings is 2. The Morgan fingerprint density at radius 2 is 1.72 bits per heavy atom. The van der Waals surface area contributed by atoms with E-state index in [1.54, 1.807) is 38.1 Å². The van der Waals surface area contributed by atoms with Crippen molar-refractivity contribution >= 4 is 27.5 Å². The highest BCUT2D eigenvalue weighted by Gasteiger charge is 2.32. The van der Waals surface area contributed by atoms with Gasteiger partial charge in [0.25, 0.3) is 0 Å². The van der Waals surface area contributed by atoms with Crippen LogP contribution in [0.1, 0.15) is 50.7 Å². The molecule has 1 saturated carbocycles. The van der Waals surface area contributed by atoms with Crippen LogP contribution in [0.15, 0.2) is 48.5 Å². The number of nitrogens with zero attached hydrogens (tertiary/aromatic N) is 2. The lowest BCUT2D eigenvalue weighted by atomic mass is 10.1. The predicted molar refractivity (Wildman–Crippen MR) is 141 cm³/mol. The summed E-state index contributed by atoms with van der Waals surface area (Å²) in [5, 5.41) is 3.07. The molecule has 1 atom stereocenters. The van der Waals surface area contributed by atoms with Crippen molar-refractivity contribution in [2.45, 2.75) is 65.1 Å². The van der Waals surface area contributed by atoms with E-state index in [2.05, 4.69) is 5.32 Å². The van der Waals surface area contributed by atoms with E-state index >= 15 is 0 Å². The summed E-state index contributed by atoms with van der Waals surface area (Å²) in [5.74, 6) is -0.334. The van der Waals surface area contributed by atoms with Gasteiger partial charge in [-0.05, 0) is 51.3 Å². The number of ether oxygens (including phenoxy) is 1. The Hall–Kier alpha value is -3.07. The van der Waals surface area contributed by atoms with Gasteiger partial charge in [0, 0.05) is 12.6 Å². The number of hydrogen-bond acceptors (Lipinski definition) is 5. The van der Waals surface area contributed by atoms with E-state index in [1.807, 2.05) is 31.2 Å². The molecule has 3 rings (SSSR count). The lowest BCUT2D eigenvalue weighted by molar-refractivity contribution is -0.139. The van der Waals surface area contributed by atoms with Crippen molar-refractivity contribution in [3.05, 3.63) is 59.7 Å². The average molecular weight is 516 g/mol. The first-order valence-corrected chi connectivity index (χ1v) is 14.3. The molecule has 8 nitrogen and oxygen atoms in total. The number of nitrogens with one attached hydrogen (secondary N) is 1. The fraction of sp³-hybridized carbons (Fsp3) is 0.481. The molecule has 196 valence electrons. The van der Waals surface area contributed by atoms with Crippen LogP contribution >= 0.6 is 0 Å². The molecule has 0 spiro atoms. The van der Waals surface area contributed by atoms with Crippen LogP contribution in [0.4, 0.5) is 5.69 Å². The molecule has 1 N–H and O–H groups in total. The molecule has 0 radical (unpaired) electrons. The molecular weight excluding hydrogens is 478 g/mol. The highest BCUT2D eigenvalue weighted by Crippen LogP contribution is 2.30. The number of para-hydroxylation sites is 2. The summed E-state index contributed by atoms with van der Waals surface area (Å²) in [6, 6.07) is 13.8. The highest BCUT2D eigenvalue weighted by molar-refractivity contribution is 7.92. The Balaban J connectivity index is 1.90. The third-order valence-corrected chi connectivity index (χ3v) is 7.58. The highest BCUT2D eigenvalue weighted by atomic mass is 32.2. The molecule has 0 heterocycles. The first-order valence-electron chi connectivity index (χ1n) is 12.4. The molecule has 9 heteroatoms. The van der Waals surface area contributed by atoms with E-state index in [9.17, 15) is 18.0 Å². The molecule has 0 aromatic heterocycles. The molecule has 0 saturated heterocycles. The molecule has 1 fully saturated rings. The number of rotatable bonds is 11. The van der Waals surface area contributed by atoms with Crippen LogP contribution in [0.2, 0.25) is 0 Å². The van der Waals surface area contributed by atoms with Crippen LogP contribution in [0.5, 0.6) is 5.75 Å². The SMILES string of the molecule is CCOc1ccccc1N(CC(=O)N(Cc1ccc(C)cc1)C(C)C(=O)NC1CCCC1)S(C)(=O)=O. The van der Waals surface area contributed by atoms with Crippen molar-refractivity contribution in [3.8, 4) is 5.75 Å². The number of sulfonamides is 1. The van der Waals surface area contributed by atoms with Gasteiger partial charge in [-0.25, -0.2) is 8.42 Å². The van der Waals surface area contributed by atoms with Crippen LogP contribution in [-0.4, -0.2) is 56.6 Å². The molecule has 1 aliphatic carbocycles. The minimum Gasteiger partial charge on any atom is -0.492 e. The zero-order valence-corrected chi connectivity index (χ0v) is 22.4. The van der Waals surface area contributed by atoms with Crippen molar-refractivity contribution in [1.82, 2.24) is 10.2 Å². The van der Waals surface area contributed by atoms with E-state index in [4.69, 9.17) is 4.74 Å². The Morgan fingerprint density at radius 1 is 1.08 bits per heavy atom. The van der Waals surface area contributed by atoms with Crippen LogP contribution in [-0.2, 0) is 26.2 Å². The monoisotopic (exact) mass is 515 g/mol. The zero-order valence-electron chi connectivity index (χ0n) is 21.6. The normalized spacial score (nSPS) is 14.8.